The molecule has 7 heteroatoms. The van der Waals surface area contributed by atoms with Gasteiger partial charge < -0.3 is 4.84 Å². The summed E-state index contributed by atoms with van der Waals surface area (Å²) in [7, 11) is 1.59. The average molecular weight is 347 g/mol. The molecule has 2 aromatic carbocycles. The number of imide groups is 1. The fourth-order valence-electron chi connectivity index (χ4n) is 2.79. The van der Waals surface area contributed by atoms with Crippen LogP contribution in [0.15, 0.2) is 60.7 Å². The first-order valence-electron chi connectivity index (χ1n) is 7.86. The van der Waals surface area contributed by atoms with E-state index in [4.69, 9.17) is 4.84 Å². The smallest absolute Gasteiger partial charge is 0.323 e. The molecule has 0 saturated carbocycles. The lowest BCUT2D eigenvalue weighted by Gasteiger charge is -2.12. The highest BCUT2D eigenvalue weighted by Crippen LogP contribution is 2.24. The lowest BCUT2D eigenvalue weighted by atomic mass is 10.1. The fraction of sp³-hybridized carbons (Fsp3) is 0.0526. The lowest BCUT2D eigenvalue weighted by molar-refractivity contribution is -0.0591. The second-order valence-corrected chi connectivity index (χ2v) is 5.73. The molecule has 1 aromatic heterocycles. The number of benzene rings is 2. The number of hydrogen-bond donors (Lipinski definition) is 0. The van der Waals surface area contributed by atoms with Crippen molar-refractivity contribution in [1.82, 2.24) is 14.8 Å². The highest BCUT2D eigenvalue weighted by Gasteiger charge is 2.39. The summed E-state index contributed by atoms with van der Waals surface area (Å²) in [6.45, 7) is 0. The highest BCUT2D eigenvalue weighted by atomic mass is 16.7. The zero-order chi connectivity index (χ0) is 18.3. The molecule has 0 bridgehead atoms. The Morgan fingerprint density at radius 3 is 2.12 bits per heavy atom. The van der Waals surface area contributed by atoms with Gasteiger partial charge in [0.1, 0.15) is 5.69 Å². The van der Waals surface area contributed by atoms with Gasteiger partial charge in [-0.1, -0.05) is 47.5 Å². The molecule has 4 rings (SSSR count). The summed E-state index contributed by atoms with van der Waals surface area (Å²) in [5, 5.41) is 4.77. The third-order valence-corrected chi connectivity index (χ3v) is 4.09. The molecule has 0 N–H and O–H groups in total. The van der Waals surface area contributed by atoms with Crippen molar-refractivity contribution in [1.29, 1.82) is 0 Å². The van der Waals surface area contributed by atoms with Crippen LogP contribution in [0.1, 0.15) is 31.2 Å². The molecular weight excluding hydrogens is 334 g/mol. The summed E-state index contributed by atoms with van der Waals surface area (Å²) < 4.78 is 1.35. The standard InChI is InChI=1S/C19H13N3O4/c1-21-16(11-15(20-21)12-7-3-2-4-8-12)19(25)26-22-17(23)13-9-5-6-10-14(13)18(22)24/h2-11H,1H3. The van der Waals surface area contributed by atoms with Crippen molar-refractivity contribution in [3.05, 3.63) is 77.5 Å². The first-order valence-corrected chi connectivity index (χ1v) is 7.86. The molecule has 2 amide bonds. The third kappa shape index (κ3) is 2.46. The monoisotopic (exact) mass is 347 g/mol. The molecule has 2 heterocycles. The van der Waals surface area contributed by atoms with Crippen molar-refractivity contribution in [2.45, 2.75) is 0 Å². The predicted octanol–water partition coefficient (Wildman–Crippen LogP) is 2.46. The van der Waals surface area contributed by atoms with Gasteiger partial charge in [-0.15, -0.1) is 0 Å². The summed E-state index contributed by atoms with van der Waals surface area (Å²) in [6, 6.07) is 17.2. The summed E-state index contributed by atoms with van der Waals surface area (Å²) >= 11 is 0. The van der Waals surface area contributed by atoms with Gasteiger partial charge in [0.05, 0.1) is 16.8 Å². The van der Waals surface area contributed by atoms with Crippen LogP contribution >= 0.6 is 0 Å². The van der Waals surface area contributed by atoms with E-state index in [0.717, 1.165) is 5.56 Å². The summed E-state index contributed by atoms with van der Waals surface area (Å²) in [5.41, 5.74) is 1.96. The van der Waals surface area contributed by atoms with E-state index in [1.54, 1.807) is 25.2 Å². The molecule has 1 aliphatic rings. The second kappa shape index (κ2) is 5.96. The SMILES string of the molecule is Cn1nc(-c2ccccc2)cc1C(=O)ON1C(=O)c2ccccc2C1=O. The van der Waals surface area contributed by atoms with Crippen LogP contribution < -0.4 is 0 Å². The van der Waals surface area contributed by atoms with E-state index in [-0.39, 0.29) is 16.8 Å². The zero-order valence-corrected chi connectivity index (χ0v) is 13.7. The summed E-state index contributed by atoms with van der Waals surface area (Å²) in [6.07, 6.45) is 0. The van der Waals surface area contributed by atoms with Crippen LogP contribution in [0, 0.1) is 0 Å². The van der Waals surface area contributed by atoms with E-state index in [0.29, 0.717) is 10.8 Å². The van der Waals surface area contributed by atoms with E-state index < -0.39 is 17.8 Å². The van der Waals surface area contributed by atoms with Gasteiger partial charge >= 0.3 is 5.97 Å². The second-order valence-electron chi connectivity index (χ2n) is 5.73. The van der Waals surface area contributed by atoms with Crippen molar-refractivity contribution in [2.75, 3.05) is 0 Å². The van der Waals surface area contributed by atoms with E-state index in [2.05, 4.69) is 5.10 Å². The normalized spacial score (nSPS) is 13.0. The number of nitrogens with zero attached hydrogens (tertiary/aromatic N) is 3. The number of carbonyl (C=O) groups is 3. The van der Waals surface area contributed by atoms with Crippen molar-refractivity contribution in [2.24, 2.45) is 7.05 Å². The van der Waals surface area contributed by atoms with Crippen LogP contribution in [0.5, 0.6) is 0 Å². The predicted molar refractivity (Wildman–Crippen MR) is 91.0 cm³/mol. The van der Waals surface area contributed by atoms with Crippen molar-refractivity contribution in [3.63, 3.8) is 0 Å². The Kier molecular flexibility index (Phi) is 3.62. The van der Waals surface area contributed by atoms with Crippen molar-refractivity contribution in [3.8, 4) is 11.3 Å². The number of fused-ring (bicyclic) bond motifs is 1. The van der Waals surface area contributed by atoms with Gasteiger partial charge in [-0.2, -0.15) is 5.10 Å². The molecule has 128 valence electrons. The lowest BCUT2D eigenvalue weighted by Crippen LogP contribution is -2.33. The molecular formula is C19H13N3O4. The van der Waals surface area contributed by atoms with Crippen LogP contribution in [-0.4, -0.2) is 32.6 Å². The molecule has 26 heavy (non-hydrogen) atoms. The Balaban J connectivity index is 1.59. The Hall–Kier alpha value is -3.74. The van der Waals surface area contributed by atoms with Gasteiger partial charge in [-0.25, -0.2) is 4.79 Å². The average Bonchev–Trinajstić information content (AvgIpc) is 3.17. The first-order chi connectivity index (χ1) is 12.6. The number of hydroxylamine groups is 2. The van der Waals surface area contributed by atoms with E-state index >= 15 is 0 Å². The van der Waals surface area contributed by atoms with Gasteiger partial charge in [-0.05, 0) is 18.2 Å². The quantitative estimate of drug-likeness (QED) is 0.680. The Bertz CT molecular complexity index is 1000. The highest BCUT2D eigenvalue weighted by molar-refractivity contribution is 6.21. The number of carbonyl (C=O) groups excluding carboxylic acids is 3. The number of aromatic nitrogens is 2. The van der Waals surface area contributed by atoms with Gasteiger partial charge in [0.2, 0.25) is 0 Å². The molecule has 1 aliphatic heterocycles. The topological polar surface area (TPSA) is 81.5 Å². The minimum absolute atomic E-state index is 0.125. The summed E-state index contributed by atoms with van der Waals surface area (Å²) in [4.78, 5) is 42.1. The number of rotatable bonds is 3. The molecule has 0 aliphatic carbocycles. The maximum absolute atomic E-state index is 12.5. The molecule has 0 spiro atoms. The van der Waals surface area contributed by atoms with Gasteiger partial charge in [-0.3, -0.25) is 14.3 Å². The van der Waals surface area contributed by atoms with E-state index in [1.165, 1.54) is 16.8 Å². The van der Waals surface area contributed by atoms with Crippen LogP contribution in [0.4, 0.5) is 0 Å². The summed E-state index contributed by atoms with van der Waals surface area (Å²) in [5.74, 6) is -2.16. The third-order valence-electron chi connectivity index (χ3n) is 4.09. The molecule has 7 nitrogen and oxygen atoms in total. The minimum atomic E-state index is -0.836. The van der Waals surface area contributed by atoms with Gasteiger partial charge in [0.25, 0.3) is 11.8 Å². The minimum Gasteiger partial charge on any atom is -0.323 e. The number of aryl methyl sites for hydroxylation is 1. The Morgan fingerprint density at radius 2 is 1.50 bits per heavy atom. The zero-order valence-electron chi connectivity index (χ0n) is 13.7. The maximum atomic E-state index is 12.5. The molecule has 0 saturated heterocycles. The number of amides is 2. The van der Waals surface area contributed by atoms with Gasteiger partial charge in [0.15, 0.2) is 0 Å². The molecule has 0 unspecified atom stereocenters. The fourth-order valence-corrected chi connectivity index (χ4v) is 2.79. The van der Waals surface area contributed by atoms with Crippen molar-refractivity contribution < 1.29 is 19.2 Å². The van der Waals surface area contributed by atoms with E-state index in [9.17, 15) is 14.4 Å². The maximum Gasteiger partial charge on any atom is 0.381 e. The van der Waals surface area contributed by atoms with Crippen LogP contribution in [-0.2, 0) is 11.9 Å². The van der Waals surface area contributed by atoms with Crippen molar-refractivity contribution >= 4 is 17.8 Å². The van der Waals surface area contributed by atoms with Crippen LogP contribution in [0.25, 0.3) is 11.3 Å². The van der Waals surface area contributed by atoms with E-state index in [1.807, 2.05) is 30.3 Å². The molecule has 0 atom stereocenters. The molecule has 0 radical (unpaired) electrons. The largest absolute Gasteiger partial charge is 0.381 e. The molecule has 3 aromatic rings. The Morgan fingerprint density at radius 1 is 0.923 bits per heavy atom. The molecule has 0 fully saturated rings. The first kappa shape index (κ1) is 15.8. The van der Waals surface area contributed by atoms with Gasteiger partial charge in [0, 0.05) is 12.6 Å². The Labute approximate surface area is 148 Å². The van der Waals surface area contributed by atoms with Crippen LogP contribution in [0.3, 0.4) is 0 Å². The number of hydrogen-bond acceptors (Lipinski definition) is 5. The van der Waals surface area contributed by atoms with Crippen LogP contribution in [0.2, 0.25) is 0 Å².